The maximum Gasteiger partial charge on any atom is 0.209 e. The molecule has 0 amide bonds. The molecule has 1 aliphatic rings. The van der Waals surface area contributed by atoms with Crippen LogP contribution in [0.4, 0.5) is 0 Å². The van der Waals surface area contributed by atoms with Crippen LogP contribution in [0.5, 0.6) is 0 Å². The molecule has 1 saturated carbocycles. The standard InChI is InChI=1S/C6H13NO3S/c1-10-6-3-2-5(6)4-11(7,8)9/h5-6H,2-4H2,1H3,(H2,7,8,9)/t5-,6+/m0/s1. The Labute approximate surface area is 66.8 Å². The van der Waals surface area contributed by atoms with Crippen LogP contribution < -0.4 is 5.14 Å². The lowest BCUT2D eigenvalue weighted by Crippen LogP contribution is -2.39. The van der Waals surface area contributed by atoms with Gasteiger partial charge in [0.2, 0.25) is 10.0 Å². The largest absolute Gasteiger partial charge is 0.381 e. The number of hydrogen-bond acceptors (Lipinski definition) is 3. The van der Waals surface area contributed by atoms with Crippen molar-refractivity contribution < 1.29 is 13.2 Å². The first-order valence-corrected chi connectivity index (χ1v) is 5.28. The van der Waals surface area contributed by atoms with Crippen LogP contribution in [-0.2, 0) is 14.8 Å². The van der Waals surface area contributed by atoms with E-state index >= 15 is 0 Å². The van der Waals surface area contributed by atoms with Gasteiger partial charge in [-0.3, -0.25) is 0 Å². The van der Waals surface area contributed by atoms with Crippen molar-refractivity contribution in [2.24, 2.45) is 11.1 Å². The zero-order chi connectivity index (χ0) is 8.48. The molecule has 2 atom stereocenters. The monoisotopic (exact) mass is 179 g/mol. The highest BCUT2D eigenvalue weighted by Gasteiger charge is 2.33. The zero-order valence-electron chi connectivity index (χ0n) is 6.49. The molecule has 0 aromatic carbocycles. The van der Waals surface area contributed by atoms with Gasteiger partial charge in [0.1, 0.15) is 0 Å². The Hall–Kier alpha value is -0.130. The molecule has 0 radical (unpaired) electrons. The zero-order valence-corrected chi connectivity index (χ0v) is 7.30. The molecule has 1 fully saturated rings. The quantitative estimate of drug-likeness (QED) is 0.646. The van der Waals surface area contributed by atoms with E-state index in [1.807, 2.05) is 0 Å². The van der Waals surface area contributed by atoms with Crippen LogP contribution in [-0.4, -0.2) is 27.4 Å². The summed E-state index contributed by atoms with van der Waals surface area (Å²) in [6.45, 7) is 0. The molecule has 0 aromatic rings. The van der Waals surface area contributed by atoms with E-state index in [2.05, 4.69) is 0 Å². The fraction of sp³-hybridized carbons (Fsp3) is 1.00. The molecule has 5 heteroatoms. The number of sulfonamides is 1. The van der Waals surface area contributed by atoms with Gasteiger partial charge < -0.3 is 4.74 Å². The molecule has 11 heavy (non-hydrogen) atoms. The van der Waals surface area contributed by atoms with E-state index in [0.717, 1.165) is 12.8 Å². The summed E-state index contributed by atoms with van der Waals surface area (Å²) in [5.74, 6) is 0.181. The van der Waals surface area contributed by atoms with Crippen LogP contribution in [0.15, 0.2) is 0 Å². The van der Waals surface area contributed by atoms with Crippen molar-refractivity contribution >= 4 is 10.0 Å². The minimum atomic E-state index is -3.31. The van der Waals surface area contributed by atoms with Crippen molar-refractivity contribution in [3.8, 4) is 0 Å². The van der Waals surface area contributed by atoms with Gasteiger partial charge in [-0.25, -0.2) is 13.6 Å². The first-order chi connectivity index (χ1) is 5.03. The summed E-state index contributed by atoms with van der Waals surface area (Å²) in [6.07, 6.45) is 1.97. The molecule has 1 rings (SSSR count). The van der Waals surface area contributed by atoms with Crippen molar-refractivity contribution in [3.05, 3.63) is 0 Å². The minimum Gasteiger partial charge on any atom is -0.381 e. The molecule has 0 bridgehead atoms. The number of ether oxygens (including phenoxy) is 1. The van der Waals surface area contributed by atoms with E-state index in [9.17, 15) is 8.42 Å². The second-order valence-corrected chi connectivity index (χ2v) is 4.60. The van der Waals surface area contributed by atoms with Crippen LogP contribution in [0.2, 0.25) is 0 Å². The van der Waals surface area contributed by atoms with E-state index in [1.165, 1.54) is 0 Å². The van der Waals surface area contributed by atoms with Crippen molar-refractivity contribution in [1.29, 1.82) is 0 Å². The van der Waals surface area contributed by atoms with Gasteiger partial charge in [0, 0.05) is 13.0 Å². The number of primary sulfonamides is 1. The van der Waals surface area contributed by atoms with Crippen LogP contribution >= 0.6 is 0 Å². The van der Waals surface area contributed by atoms with Gasteiger partial charge in [0.25, 0.3) is 0 Å². The molecule has 0 heterocycles. The summed E-state index contributed by atoms with van der Waals surface area (Å²) in [5.41, 5.74) is 0. The van der Waals surface area contributed by atoms with Gasteiger partial charge in [0.15, 0.2) is 0 Å². The minimum absolute atomic E-state index is 0.0610. The number of hydrogen-bond donors (Lipinski definition) is 1. The van der Waals surface area contributed by atoms with Gasteiger partial charge >= 0.3 is 0 Å². The lowest BCUT2D eigenvalue weighted by atomic mass is 9.83. The highest BCUT2D eigenvalue weighted by Crippen LogP contribution is 2.30. The third-order valence-corrected chi connectivity index (χ3v) is 2.99. The summed E-state index contributed by atoms with van der Waals surface area (Å²) in [4.78, 5) is 0. The lowest BCUT2D eigenvalue weighted by molar-refractivity contribution is -0.00616. The van der Waals surface area contributed by atoms with Gasteiger partial charge in [-0.2, -0.15) is 0 Å². The Morgan fingerprint density at radius 2 is 2.18 bits per heavy atom. The van der Waals surface area contributed by atoms with Gasteiger partial charge in [-0.1, -0.05) is 0 Å². The molecule has 0 unspecified atom stereocenters. The first kappa shape index (κ1) is 8.96. The fourth-order valence-corrected chi connectivity index (χ4v) is 2.32. The number of rotatable bonds is 3. The van der Waals surface area contributed by atoms with Crippen molar-refractivity contribution in [2.75, 3.05) is 12.9 Å². The number of nitrogens with two attached hydrogens (primary N) is 1. The molecule has 66 valence electrons. The fourth-order valence-electron chi connectivity index (χ4n) is 1.34. The normalized spacial score (nSPS) is 31.5. The van der Waals surface area contributed by atoms with Crippen molar-refractivity contribution in [2.45, 2.75) is 18.9 Å². The SMILES string of the molecule is CO[C@@H]1CC[C@H]1CS(N)(=O)=O. The van der Waals surface area contributed by atoms with Gasteiger partial charge in [-0.15, -0.1) is 0 Å². The van der Waals surface area contributed by atoms with Crippen LogP contribution in [0.3, 0.4) is 0 Å². The van der Waals surface area contributed by atoms with E-state index in [-0.39, 0.29) is 17.8 Å². The molecular formula is C6H13NO3S. The second kappa shape index (κ2) is 3.08. The van der Waals surface area contributed by atoms with E-state index in [0.29, 0.717) is 0 Å². The molecule has 2 N–H and O–H groups in total. The summed E-state index contributed by atoms with van der Waals surface area (Å²) >= 11 is 0. The molecule has 0 spiro atoms. The smallest absolute Gasteiger partial charge is 0.209 e. The summed E-state index contributed by atoms with van der Waals surface area (Å²) in [7, 11) is -1.71. The maximum absolute atomic E-state index is 10.6. The average molecular weight is 179 g/mol. The summed E-state index contributed by atoms with van der Waals surface area (Å²) in [5, 5.41) is 4.88. The van der Waals surface area contributed by atoms with Gasteiger partial charge in [-0.05, 0) is 12.8 Å². The Bertz CT molecular complexity index is 222. The van der Waals surface area contributed by atoms with Crippen molar-refractivity contribution in [1.82, 2.24) is 0 Å². The molecule has 0 aromatic heterocycles. The Kier molecular flexibility index (Phi) is 2.51. The Morgan fingerprint density at radius 1 is 1.55 bits per heavy atom. The molecular weight excluding hydrogens is 166 g/mol. The van der Waals surface area contributed by atoms with Crippen LogP contribution in [0.25, 0.3) is 0 Å². The van der Waals surface area contributed by atoms with E-state index in [1.54, 1.807) is 7.11 Å². The summed E-state index contributed by atoms with van der Waals surface area (Å²) in [6, 6.07) is 0. The highest BCUT2D eigenvalue weighted by molar-refractivity contribution is 7.89. The first-order valence-electron chi connectivity index (χ1n) is 3.56. The van der Waals surface area contributed by atoms with Crippen molar-refractivity contribution in [3.63, 3.8) is 0 Å². The number of methoxy groups -OCH3 is 1. The Morgan fingerprint density at radius 3 is 2.45 bits per heavy atom. The lowest BCUT2D eigenvalue weighted by Gasteiger charge is -2.34. The van der Waals surface area contributed by atoms with E-state index in [4.69, 9.17) is 9.88 Å². The van der Waals surface area contributed by atoms with Gasteiger partial charge in [0.05, 0.1) is 11.9 Å². The molecule has 0 saturated heterocycles. The molecule has 0 aliphatic heterocycles. The molecule has 1 aliphatic carbocycles. The maximum atomic E-state index is 10.6. The molecule has 4 nitrogen and oxygen atoms in total. The topological polar surface area (TPSA) is 69.4 Å². The predicted molar refractivity (Wildman–Crippen MR) is 41.5 cm³/mol. The predicted octanol–water partition coefficient (Wildman–Crippen LogP) is -0.300. The van der Waals surface area contributed by atoms with E-state index < -0.39 is 10.0 Å². The third kappa shape index (κ3) is 2.43. The summed E-state index contributed by atoms with van der Waals surface area (Å²) < 4.78 is 26.3. The average Bonchev–Trinajstić information content (AvgIpc) is 1.80. The van der Waals surface area contributed by atoms with Crippen LogP contribution in [0, 0.1) is 5.92 Å². The third-order valence-electron chi connectivity index (χ3n) is 2.10. The highest BCUT2D eigenvalue weighted by atomic mass is 32.2. The van der Waals surface area contributed by atoms with Crippen LogP contribution in [0.1, 0.15) is 12.8 Å². The second-order valence-electron chi connectivity index (χ2n) is 2.94. The Balaban J connectivity index is 2.40.